The molecule has 3 rings (SSSR count). The smallest absolute Gasteiger partial charge is 0.313 e. The number of benzene rings is 1. The van der Waals surface area contributed by atoms with E-state index in [9.17, 15) is 4.79 Å². The molecule has 21 heavy (non-hydrogen) atoms. The lowest BCUT2D eigenvalue weighted by molar-refractivity contribution is -0.146. The van der Waals surface area contributed by atoms with Gasteiger partial charge in [0.05, 0.1) is 5.92 Å². The minimum atomic E-state index is -0.269. The summed E-state index contributed by atoms with van der Waals surface area (Å²) < 4.78 is 7.48. The van der Waals surface area contributed by atoms with E-state index in [0.29, 0.717) is 0 Å². The summed E-state index contributed by atoms with van der Waals surface area (Å²) in [6.45, 7) is 2.98. The van der Waals surface area contributed by atoms with Crippen molar-refractivity contribution in [2.45, 2.75) is 45.3 Å². The van der Waals surface area contributed by atoms with Gasteiger partial charge in [0.15, 0.2) is 12.4 Å². The van der Waals surface area contributed by atoms with Crippen LogP contribution in [0, 0.1) is 0 Å². The van der Waals surface area contributed by atoms with Gasteiger partial charge in [-0.1, -0.05) is 30.3 Å². The van der Waals surface area contributed by atoms with Gasteiger partial charge in [0.2, 0.25) is 0 Å². The molecule has 1 aliphatic rings. The molecule has 0 bridgehead atoms. The van der Waals surface area contributed by atoms with Crippen molar-refractivity contribution in [1.29, 1.82) is 0 Å². The first kappa shape index (κ1) is 13.8. The van der Waals surface area contributed by atoms with E-state index in [0.717, 1.165) is 43.0 Å². The number of aromatic nitrogens is 3. The second kappa shape index (κ2) is 6.08. The molecule has 0 saturated heterocycles. The molecule has 110 valence electrons. The lowest BCUT2D eigenvalue weighted by Gasteiger charge is -2.15. The Kier molecular flexibility index (Phi) is 3.99. The first-order valence-corrected chi connectivity index (χ1v) is 7.38. The fourth-order valence-corrected chi connectivity index (χ4v) is 2.61. The minimum absolute atomic E-state index is 0.197. The van der Waals surface area contributed by atoms with Gasteiger partial charge in [-0.05, 0) is 25.3 Å². The fraction of sp³-hybridized carbons (Fsp3) is 0.438. The highest BCUT2D eigenvalue weighted by Crippen LogP contribution is 2.18. The SMILES string of the molecule is CC(C(=O)OCc1nnc2n1CCCC2)c1ccccc1. The lowest BCUT2D eigenvalue weighted by atomic mass is 10.0. The fourth-order valence-electron chi connectivity index (χ4n) is 2.61. The summed E-state index contributed by atoms with van der Waals surface area (Å²) in [7, 11) is 0. The van der Waals surface area contributed by atoms with Crippen molar-refractivity contribution < 1.29 is 9.53 Å². The van der Waals surface area contributed by atoms with E-state index in [4.69, 9.17) is 4.74 Å². The van der Waals surface area contributed by atoms with E-state index < -0.39 is 0 Å². The van der Waals surface area contributed by atoms with Crippen molar-refractivity contribution in [3.05, 3.63) is 47.5 Å². The Morgan fingerprint density at radius 1 is 1.29 bits per heavy atom. The van der Waals surface area contributed by atoms with Crippen LogP contribution in [-0.4, -0.2) is 20.7 Å². The van der Waals surface area contributed by atoms with Crippen LogP contribution in [0.25, 0.3) is 0 Å². The number of ether oxygens (including phenoxy) is 1. The predicted molar refractivity (Wildman–Crippen MR) is 77.6 cm³/mol. The molecule has 1 aromatic carbocycles. The summed E-state index contributed by atoms with van der Waals surface area (Å²) in [6.07, 6.45) is 3.25. The number of hydrogen-bond acceptors (Lipinski definition) is 4. The summed E-state index contributed by atoms with van der Waals surface area (Å²) in [6, 6.07) is 9.65. The zero-order valence-electron chi connectivity index (χ0n) is 12.2. The van der Waals surface area contributed by atoms with Crippen LogP contribution in [-0.2, 0) is 29.1 Å². The first-order chi connectivity index (χ1) is 10.3. The van der Waals surface area contributed by atoms with E-state index in [1.165, 1.54) is 0 Å². The molecule has 0 spiro atoms. The third kappa shape index (κ3) is 2.96. The number of hydrogen-bond donors (Lipinski definition) is 0. The van der Waals surface area contributed by atoms with E-state index in [-0.39, 0.29) is 18.5 Å². The highest BCUT2D eigenvalue weighted by Gasteiger charge is 2.20. The highest BCUT2D eigenvalue weighted by atomic mass is 16.5. The Morgan fingerprint density at radius 3 is 2.90 bits per heavy atom. The topological polar surface area (TPSA) is 57.0 Å². The Bertz CT molecular complexity index is 622. The third-order valence-electron chi connectivity index (χ3n) is 3.93. The van der Waals surface area contributed by atoms with Crippen LogP contribution < -0.4 is 0 Å². The maximum Gasteiger partial charge on any atom is 0.313 e. The molecule has 5 heteroatoms. The summed E-state index contributed by atoms with van der Waals surface area (Å²) in [5.74, 6) is 1.26. The van der Waals surface area contributed by atoms with Crippen LogP contribution in [0.2, 0.25) is 0 Å². The van der Waals surface area contributed by atoms with Gasteiger partial charge in [-0.2, -0.15) is 0 Å². The van der Waals surface area contributed by atoms with Gasteiger partial charge in [0.1, 0.15) is 5.82 Å². The molecule has 0 N–H and O–H groups in total. The van der Waals surface area contributed by atoms with Crippen LogP contribution in [0.15, 0.2) is 30.3 Å². The molecule has 1 aliphatic heterocycles. The molecule has 0 amide bonds. The monoisotopic (exact) mass is 285 g/mol. The second-order valence-corrected chi connectivity index (χ2v) is 5.38. The molecule has 5 nitrogen and oxygen atoms in total. The number of carbonyl (C=O) groups is 1. The van der Waals surface area contributed by atoms with Crippen molar-refractivity contribution in [2.75, 3.05) is 0 Å². The van der Waals surface area contributed by atoms with Crippen molar-refractivity contribution in [3.8, 4) is 0 Å². The Morgan fingerprint density at radius 2 is 2.10 bits per heavy atom. The molecule has 1 aromatic heterocycles. The molecule has 2 heterocycles. The van der Waals surface area contributed by atoms with Gasteiger partial charge >= 0.3 is 5.97 Å². The molecule has 1 unspecified atom stereocenters. The first-order valence-electron chi connectivity index (χ1n) is 7.38. The predicted octanol–water partition coefficient (Wildman–Crippen LogP) is 2.46. The van der Waals surface area contributed by atoms with Gasteiger partial charge in [-0.25, -0.2) is 0 Å². The molecule has 0 fully saturated rings. The largest absolute Gasteiger partial charge is 0.457 e. The number of carbonyl (C=O) groups excluding carboxylic acids is 1. The molecule has 1 atom stereocenters. The van der Waals surface area contributed by atoms with Crippen LogP contribution in [0.3, 0.4) is 0 Å². The summed E-state index contributed by atoms with van der Waals surface area (Å²) in [4.78, 5) is 12.1. The van der Waals surface area contributed by atoms with Gasteiger partial charge in [-0.3, -0.25) is 4.79 Å². The second-order valence-electron chi connectivity index (χ2n) is 5.38. The van der Waals surface area contributed by atoms with E-state index in [2.05, 4.69) is 14.8 Å². The molecular weight excluding hydrogens is 266 g/mol. The summed E-state index contributed by atoms with van der Waals surface area (Å²) in [5, 5.41) is 8.30. The average molecular weight is 285 g/mol. The molecular formula is C16H19N3O2. The quantitative estimate of drug-likeness (QED) is 0.810. The number of fused-ring (bicyclic) bond motifs is 1. The van der Waals surface area contributed by atoms with Crippen molar-refractivity contribution >= 4 is 5.97 Å². The van der Waals surface area contributed by atoms with Gasteiger partial charge in [0.25, 0.3) is 0 Å². The standard InChI is InChI=1S/C16H19N3O2/c1-12(13-7-3-2-4-8-13)16(20)21-11-15-18-17-14-9-5-6-10-19(14)15/h2-4,7-8,12H,5-6,9-11H2,1H3. The normalized spacial score (nSPS) is 15.3. The maximum atomic E-state index is 12.1. The van der Waals surface area contributed by atoms with Crippen molar-refractivity contribution in [3.63, 3.8) is 0 Å². The van der Waals surface area contributed by atoms with Crippen LogP contribution in [0.5, 0.6) is 0 Å². The molecule has 0 radical (unpaired) electrons. The zero-order valence-corrected chi connectivity index (χ0v) is 12.2. The molecule has 2 aromatic rings. The zero-order chi connectivity index (χ0) is 14.7. The van der Waals surface area contributed by atoms with Gasteiger partial charge in [-0.15, -0.1) is 10.2 Å². The van der Waals surface area contributed by atoms with E-state index in [1.807, 2.05) is 37.3 Å². The van der Waals surface area contributed by atoms with Gasteiger partial charge in [0, 0.05) is 13.0 Å². The average Bonchev–Trinajstić information content (AvgIpc) is 2.96. The number of aryl methyl sites for hydroxylation is 1. The Balaban J connectivity index is 1.62. The van der Waals surface area contributed by atoms with E-state index >= 15 is 0 Å². The highest BCUT2D eigenvalue weighted by molar-refractivity contribution is 5.77. The van der Waals surface area contributed by atoms with Crippen molar-refractivity contribution in [2.24, 2.45) is 0 Å². The van der Waals surface area contributed by atoms with Crippen LogP contribution >= 0.6 is 0 Å². The van der Waals surface area contributed by atoms with Gasteiger partial charge < -0.3 is 9.30 Å². The number of esters is 1. The van der Waals surface area contributed by atoms with E-state index in [1.54, 1.807) is 0 Å². The van der Waals surface area contributed by atoms with Crippen LogP contribution in [0.4, 0.5) is 0 Å². The lowest BCUT2D eigenvalue weighted by Crippen LogP contribution is -2.17. The third-order valence-corrected chi connectivity index (χ3v) is 3.93. The molecule has 0 aliphatic carbocycles. The maximum absolute atomic E-state index is 12.1. The Hall–Kier alpha value is -2.17. The summed E-state index contributed by atoms with van der Waals surface area (Å²) in [5.41, 5.74) is 0.964. The number of nitrogens with zero attached hydrogens (tertiary/aromatic N) is 3. The minimum Gasteiger partial charge on any atom is -0.457 e. The summed E-state index contributed by atoms with van der Waals surface area (Å²) >= 11 is 0. The van der Waals surface area contributed by atoms with Crippen LogP contribution in [0.1, 0.15) is 42.9 Å². The molecule has 0 saturated carbocycles. The Labute approximate surface area is 124 Å². The van der Waals surface area contributed by atoms with Crippen molar-refractivity contribution in [1.82, 2.24) is 14.8 Å². The number of rotatable bonds is 4.